The molecule has 2 aromatic carbocycles. The Balaban J connectivity index is 1.44. The number of hydrogen-bond donors (Lipinski definition) is 4. The summed E-state index contributed by atoms with van der Waals surface area (Å²) in [4.78, 5) is 35.1. The maximum atomic E-state index is 13.0. The standard InChI is InChI=1S/C26H30N6O6S/c1-38-26(18-30-25-27-13-7-14-28-25)12-6-15-32(26)20-9-5-8-19(16-20)23(33)29-17-22(24(34)35)31-39(36,37)21-10-3-2-4-11-21/h2-5,7-11,13-14,16,22,31H,6,12,15,17-18H2,1H3,(H,29,33)(H,34,35)(H,27,28,30). The highest BCUT2D eigenvalue weighted by Crippen LogP contribution is 2.35. The second-order valence-corrected chi connectivity index (χ2v) is 10.6. The molecule has 0 saturated carbocycles. The number of carbonyl (C=O) groups excluding carboxylic acids is 1. The third-order valence-electron chi connectivity index (χ3n) is 6.45. The van der Waals surface area contributed by atoms with Gasteiger partial charge in [0.05, 0.1) is 11.4 Å². The van der Waals surface area contributed by atoms with Gasteiger partial charge in [-0.15, -0.1) is 0 Å². The number of rotatable bonds is 12. The van der Waals surface area contributed by atoms with Gasteiger partial charge in [-0.05, 0) is 49.2 Å². The second kappa shape index (κ2) is 12.2. The number of benzene rings is 2. The Hall–Kier alpha value is -4.07. The summed E-state index contributed by atoms with van der Waals surface area (Å²) >= 11 is 0. The summed E-state index contributed by atoms with van der Waals surface area (Å²) in [6.07, 6.45) is 4.89. The minimum absolute atomic E-state index is 0.0733. The molecule has 13 heteroatoms. The van der Waals surface area contributed by atoms with Crippen molar-refractivity contribution in [2.24, 2.45) is 0 Å². The van der Waals surface area contributed by atoms with E-state index in [1.165, 1.54) is 24.3 Å². The van der Waals surface area contributed by atoms with Gasteiger partial charge in [-0.3, -0.25) is 9.59 Å². The zero-order chi connectivity index (χ0) is 27.9. The molecule has 1 saturated heterocycles. The van der Waals surface area contributed by atoms with Crippen LogP contribution in [0.5, 0.6) is 0 Å². The number of carbonyl (C=O) groups is 2. The Morgan fingerprint density at radius 2 is 1.85 bits per heavy atom. The molecule has 0 aliphatic carbocycles. The summed E-state index contributed by atoms with van der Waals surface area (Å²) in [5.41, 5.74) is 0.342. The van der Waals surface area contributed by atoms with Gasteiger partial charge in [-0.25, -0.2) is 18.4 Å². The van der Waals surface area contributed by atoms with E-state index >= 15 is 0 Å². The maximum absolute atomic E-state index is 13.0. The minimum atomic E-state index is -4.09. The molecule has 2 atom stereocenters. The predicted molar refractivity (Wildman–Crippen MR) is 144 cm³/mol. The largest absolute Gasteiger partial charge is 0.480 e. The molecule has 39 heavy (non-hydrogen) atoms. The van der Waals surface area contributed by atoms with E-state index < -0.39 is 40.2 Å². The van der Waals surface area contributed by atoms with Gasteiger partial charge < -0.3 is 25.4 Å². The number of sulfonamides is 1. The first-order valence-corrected chi connectivity index (χ1v) is 13.7. The van der Waals surface area contributed by atoms with Crippen LogP contribution in [0.3, 0.4) is 0 Å². The number of carboxylic acids is 1. The fourth-order valence-electron chi connectivity index (χ4n) is 4.44. The lowest BCUT2D eigenvalue weighted by Crippen LogP contribution is -2.51. The lowest BCUT2D eigenvalue weighted by molar-refractivity contribution is -0.138. The molecule has 0 bridgehead atoms. The highest BCUT2D eigenvalue weighted by molar-refractivity contribution is 7.89. The van der Waals surface area contributed by atoms with Gasteiger partial charge in [0.1, 0.15) is 6.04 Å². The summed E-state index contributed by atoms with van der Waals surface area (Å²) in [5, 5.41) is 15.3. The average molecular weight is 555 g/mol. The lowest BCUT2D eigenvalue weighted by Gasteiger charge is -2.39. The van der Waals surface area contributed by atoms with Crippen molar-refractivity contribution < 1.29 is 27.9 Å². The topological polar surface area (TPSA) is 163 Å². The third kappa shape index (κ3) is 6.69. The minimum Gasteiger partial charge on any atom is -0.480 e. The average Bonchev–Trinajstić information content (AvgIpc) is 3.39. The quantitative estimate of drug-likeness (QED) is 0.259. The van der Waals surface area contributed by atoms with Gasteiger partial charge in [0, 0.05) is 43.8 Å². The number of amides is 1. The fraction of sp³-hybridized carbons (Fsp3) is 0.308. The molecule has 1 amide bonds. The zero-order valence-electron chi connectivity index (χ0n) is 21.3. The van der Waals surface area contributed by atoms with Crippen molar-refractivity contribution in [3.63, 3.8) is 0 Å². The van der Waals surface area contributed by atoms with Crippen molar-refractivity contribution in [2.75, 3.05) is 37.0 Å². The molecular formula is C26H30N6O6S. The molecule has 0 spiro atoms. The van der Waals surface area contributed by atoms with E-state index in [1.807, 2.05) is 6.07 Å². The molecular weight excluding hydrogens is 524 g/mol. The third-order valence-corrected chi connectivity index (χ3v) is 7.93. The Bertz CT molecular complexity index is 1390. The van der Waals surface area contributed by atoms with Gasteiger partial charge >= 0.3 is 5.97 Å². The van der Waals surface area contributed by atoms with Crippen molar-refractivity contribution >= 4 is 33.5 Å². The Morgan fingerprint density at radius 1 is 1.10 bits per heavy atom. The molecule has 2 heterocycles. The molecule has 1 aliphatic rings. The van der Waals surface area contributed by atoms with Crippen molar-refractivity contribution in [3.8, 4) is 0 Å². The Morgan fingerprint density at radius 3 is 2.54 bits per heavy atom. The lowest BCUT2D eigenvalue weighted by atomic mass is 10.1. The highest BCUT2D eigenvalue weighted by atomic mass is 32.2. The summed E-state index contributed by atoms with van der Waals surface area (Å²) in [6, 6.07) is 14.5. The summed E-state index contributed by atoms with van der Waals surface area (Å²) in [6.45, 7) is 0.654. The monoisotopic (exact) mass is 554 g/mol. The number of aliphatic carboxylic acids is 1. The number of methoxy groups -OCH3 is 1. The van der Waals surface area contributed by atoms with Crippen molar-refractivity contribution in [2.45, 2.75) is 29.5 Å². The zero-order valence-corrected chi connectivity index (χ0v) is 22.1. The van der Waals surface area contributed by atoms with Gasteiger partial charge in [0.25, 0.3) is 5.91 Å². The number of nitrogens with zero attached hydrogens (tertiary/aromatic N) is 3. The molecule has 3 aromatic rings. The summed E-state index contributed by atoms with van der Waals surface area (Å²) in [7, 11) is -2.46. The van der Waals surface area contributed by atoms with Crippen molar-refractivity contribution in [3.05, 3.63) is 78.6 Å². The van der Waals surface area contributed by atoms with Crippen LogP contribution >= 0.6 is 0 Å². The van der Waals surface area contributed by atoms with Crippen LogP contribution in [0.25, 0.3) is 0 Å². The first kappa shape index (κ1) is 28.0. The van der Waals surface area contributed by atoms with Crippen molar-refractivity contribution in [1.82, 2.24) is 20.0 Å². The molecule has 1 aliphatic heterocycles. The summed E-state index contributed by atoms with van der Waals surface area (Å²) in [5.74, 6) is -1.48. The number of ether oxygens (including phenoxy) is 1. The predicted octanol–water partition coefficient (Wildman–Crippen LogP) is 1.69. The van der Waals surface area contributed by atoms with Crippen LogP contribution in [0.2, 0.25) is 0 Å². The van der Waals surface area contributed by atoms with E-state index in [4.69, 9.17) is 4.74 Å². The van der Waals surface area contributed by atoms with Crippen LogP contribution in [0.15, 0.2) is 78.0 Å². The molecule has 1 aromatic heterocycles. The molecule has 4 rings (SSSR count). The van der Waals surface area contributed by atoms with E-state index in [0.717, 1.165) is 18.5 Å². The first-order valence-electron chi connectivity index (χ1n) is 12.3. The second-order valence-electron chi connectivity index (χ2n) is 8.92. The van der Waals surface area contributed by atoms with Crippen molar-refractivity contribution in [1.29, 1.82) is 0 Å². The first-order chi connectivity index (χ1) is 18.7. The van der Waals surface area contributed by atoms with E-state index in [1.54, 1.807) is 49.8 Å². The smallest absolute Gasteiger partial charge is 0.323 e. The fourth-order valence-corrected chi connectivity index (χ4v) is 5.65. The van der Waals surface area contributed by atoms with Crippen LogP contribution in [0, 0.1) is 0 Å². The van der Waals surface area contributed by atoms with Crippen LogP contribution < -0.4 is 20.3 Å². The maximum Gasteiger partial charge on any atom is 0.323 e. The normalized spacial score (nSPS) is 17.9. The van der Waals surface area contributed by atoms with Crippen LogP contribution in [-0.2, 0) is 19.6 Å². The SMILES string of the molecule is COC1(CNc2ncccn2)CCCN1c1cccc(C(=O)NCC(NS(=O)(=O)c2ccccc2)C(=O)O)c1. The number of aromatic nitrogens is 2. The number of hydrogen-bond acceptors (Lipinski definition) is 9. The Labute approximate surface area is 226 Å². The van der Waals surface area contributed by atoms with E-state index in [9.17, 15) is 23.1 Å². The summed E-state index contributed by atoms with van der Waals surface area (Å²) < 4.78 is 33.2. The molecule has 4 N–H and O–H groups in total. The van der Waals surface area contributed by atoms with Crippen LogP contribution in [0.4, 0.5) is 11.6 Å². The van der Waals surface area contributed by atoms with Crippen LogP contribution in [0.1, 0.15) is 23.2 Å². The molecule has 206 valence electrons. The molecule has 0 radical (unpaired) electrons. The molecule has 12 nitrogen and oxygen atoms in total. The Kier molecular flexibility index (Phi) is 8.74. The van der Waals surface area contributed by atoms with E-state index in [0.29, 0.717) is 24.6 Å². The van der Waals surface area contributed by atoms with Gasteiger partial charge in [-0.1, -0.05) is 24.3 Å². The number of nitrogens with one attached hydrogen (secondary N) is 3. The molecule has 2 unspecified atom stereocenters. The van der Waals surface area contributed by atoms with E-state index in [-0.39, 0.29) is 4.90 Å². The van der Waals surface area contributed by atoms with E-state index in [2.05, 4.69) is 30.2 Å². The van der Waals surface area contributed by atoms with Gasteiger partial charge in [-0.2, -0.15) is 4.72 Å². The van der Waals surface area contributed by atoms with Gasteiger partial charge in [0.15, 0.2) is 5.72 Å². The van der Waals surface area contributed by atoms with Crippen LogP contribution in [-0.4, -0.2) is 73.9 Å². The molecule has 1 fully saturated rings. The number of anilines is 2. The van der Waals surface area contributed by atoms with Gasteiger partial charge in [0.2, 0.25) is 16.0 Å². The number of carboxylic acid groups (broad SMARTS) is 1. The highest BCUT2D eigenvalue weighted by Gasteiger charge is 2.41.